The molecule has 0 atom stereocenters. The van der Waals surface area contributed by atoms with E-state index < -0.39 is 11.9 Å². The molecule has 0 unspecified atom stereocenters. The lowest BCUT2D eigenvalue weighted by atomic mass is 10.1. The van der Waals surface area contributed by atoms with E-state index in [0.717, 1.165) is 34.8 Å². The van der Waals surface area contributed by atoms with Crippen LogP contribution in [0.2, 0.25) is 0 Å². The topological polar surface area (TPSA) is 57.5 Å². The van der Waals surface area contributed by atoms with E-state index in [9.17, 15) is 9.59 Å². The molecule has 30 heavy (non-hydrogen) atoms. The van der Waals surface area contributed by atoms with Crippen LogP contribution in [-0.4, -0.2) is 29.7 Å². The van der Waals surface area contributed by atoms with Gasteiger partial charge in [0.15, 0.2) is 13.2 Å². The Morgan fingerprint density at radius 3 is 1.77 bits per heavy atom. The number of esters is 2. The van der Waals surface area contributed by atoms with Gasteiger partial charge in [-0.25, -0.2) is 9.59 Å². The maximum absolute atomic E-state index is 12.3. The molecule has 0 fully saturated rings. The highest BCUT2D eigenvalue weighted by atomic mass is 16.5. The summed E-state index contributed by atoms with van der Waals surface area (Å²) in [5.41, 5.74) is 2.77. The summed E-state index contributed by atoms with van der Waals surface area (Å²) in [5, 5.41) is 1.71. The monoisotopic (exact) mass is 401 g/mol. The van der Waals surface area contributed by atoms with Crippen LogP contribution < -0.4 is 0 Å². The Morgan fingerprint density at radius 1 is 0.900 bits per heavy atom. The van der Waals surface area contributed by atoms with Gasteiger partial charge in [0, 0.05) is 28.4 Å². The first-order chi connectivity index (χ1) is 14.5. The SMILES string of the molecule is C#CCOC(=O)c1ccc2c(c1)c1cc(C(=O)OCC#C)ccc1n2CCC(C)C. The van der Waals surface area contributed by atoms with Gasteiger partial charge in [-0.1, -0.05) is 25.7 Å². The number of hydrogen-bond acceptors (Lipinski definition) is 4. The third-order valence-electron chi connectivity index (χ3n) is 4.84. The molecule has 1 heterocycles. The highest BCUT2D eigenvalue weighted by Gasteiger charge is 2.17. The summed E-state index contributed by atoms with van der Waals surface area (Å²) >= 11 is 0. The van der Waals surface area contributed by atoms with Crippen LogP contribution in [0.1, 0.15) is 41.0 Å². The second kappa shape index (κ2) is 9.20. The van der Waals surface area contributed by atoms with Gasteiger partial charge in [-0.05, 0) is 48.7 Å². The first-order valence-electron chi connectivity index (χ1n) is 9.73. The Morgan fingerprint density at radius 2 is 1.37 bits per heavy atom. The molecule has 0 radical (unpaired) electrons. The largest absolute Gasteiger partial charge is 0.449 e. The fourth-order valence-corrected chi connectivity index (χ4v) is 3.37. The van der Waals surface area contributed by atoms with Gasteiger partial charge in [-0.15, -0.1) is 12.8 Å². The van der Waals surface area contributed by atoms with Gasteiger partial charge in [0.25, 0.3) is 0 Å². The van der Waals surface area contributed by atoms with Crippen LogP contribution in [0.5, 0.6) is 0 Å². The number of fused-ring (bicyclic) bond motifs is 3. The smallest absolute Gasteiger partial charge is 0.339 e. The van der Waals surface area contributed by atoms with Gasteiger partial charge in [-0.3, -0.25) is 0 Å². The Bertz CT molecular complexity index is 1100. The van der Waals surface area contributed by atoms with Gasteiger partial charge in [0.2, 0.25) is 0 Å². The quantitative estimate of drug-likeness (QED) is 0.434. The first-order valence-corrected chi connectivity index (χ1v) is 9.73. The molecular formula is C25H23NO4. The van der Waals surface area contributed by atoms with Crippen molar-refractivity contribution in [3.63, 3.8) is 0 Å². The summed E-state index contributed by atoms with van der Waals surface area (Å²) < 4.78 is 12.3. The van der Waals surface area contributed by atoms with Crippen LogP contribution in [0.3, 0.4) is 0 Å². The number of carbonyl (C=O) groups excluding carboxylic acids is 2. The highest BCUT2D eigenvalue weighted by Crippen LogP contribution is 2.31. The average molecular weight is 401 g/mol. The standard InChI is InChI=1S/C25H23NO4/c1-5-13-29-24(27)18-7-9-22-20(15-18)21-16-19(25(28)30-14-6-2)8-10-23(21)26(22)12-11-17(3)4/h1-2,7-10,15-17H,11-14H2,3-4H3. The van der Waals surface area contributed by atoms with Crippen LogP contribution >= 0.6 is 0 Å². The van der Waals surface area contributed by atoms with Crippen LogP contribution in [0, 0.1) is 30.6 Å². The molecule has 0 bridgehead atoms. The molecule has 5 heteroatoms. The van der Waals surface area contributed by atoms with Gasteiger partial charge in [0.1, 0.15) is 0 Å². The second-order valence-electron chi connectivity index (χ2n) is 7.36. The van der Waals surface area contributed by atoms with E-state index in [1.165, 1.54) is 0 Å². The zero-order valence-electron chi connectivity index (χ0n) is 17.1. The molecule has 3 aromatic rings. The van der Waals surface area contributed by atoms with Gasteiger partial charge >= 0.3 is 11.9 Å². The molecular weight excluding hydrogens is 378 g/mol. The van der Waals surface area contributed by atoms with Crippen molar-refractivity contribution >= 4 is 33.7 Å². The summed E-state index contributed by atoms with van der Waals surface area (Å²) in [7, 11) is 0. The molecule has 0 amide bonds. The minimum absolute atomic E-state index is 0.0851. The lowest BCUT2D eigenvalue weighted by molar-refractivity contribution is 0.0547. The number of ether oxygens (including phenoxy) is 2. The lowest BCUT2D eigenvalue weighted by Gasteiger charge is -2.10. The van der Waals surface area contributed by atoms with Crippen molar-refractivity contribution in [1.29, 1.82) is 0 Å². The van der Waals surface area contributed by atoms with E-state index in [1.54, 1.807) is 24.3 Å². The molecule has 0 aliphatic rings. The molecule has 0 saturated carbocycles. The first kappa shape index (κ1) is 21.0. The zero-order valence-corrected chi connectivity index (χ0v) is 17.1. The number of rotatable bonds is 7. The molecule has 2 aromatic carbocycles. The maximum atomic E-state index is 12.3. The fraction of sp³-hybridized carbons (Fsp3) is 0.280. The fourth-order valence-electron chi connectivity index (χ4n) is 3.37. The number of nitrogens with zero attached hydrogens (tertiary/aromatic N) is 1. The van der Waals surface area contributed by atoms with Crippen LogP contribution in [0.25, 0.3) is 21.8 Å². The number of aryl methyl sites for hydroxylation is 1. The third-order valence-corrected chi connectivity index (χ3v) is 4.84. The molecule has 152 valence electrons. The molecule has 0 N–H and O–H groups in total. The number of hydrogen-bond donors (Lipinski definition) is 0. The Balaban J connectivity index is 2.14. The molecule has 0 saturated heterocycles. The molecule has 0 aliphatic carbocycles. The van der Waals surface area contributed by atoms with Gasteiger partial charge < -0.3 is 14.0 Å². The van der Waals surface area contributed by atoms with E-state index in [4.69, 9.17) is 22.3 Å². The molecule has 0 spiro atoms. The van der Waals surface area contributed by atoms with E-state index in [1.807, 2.05) is 12.1 Å². The van der Waals surface area contributed by atoms with E-state index in [2.05, 4.69) is 30.3 Å². The van der Waals surface area contributed by atoms with E-state index in [-0.39, 0.29) is 13.2 Å². The van der Waals surface area contributed by atoms with Gasteiger partial charge in [-0.2, -0.15) is 0 Å². The van der Waals surface area contributed by atoms with Crippen molar-refractivity contribution in [3.8, 4) is 24.7 Å². The minimum atomic E-state index is -0.484. The van der Waals surface area contributed by atoms with Crippen molar-refractivity contribution < 1.29 is 19.1 Å². The molecule has 1 aromatic heterocycles. The van der Waals surface area contributed by atoms with Gasteiger partial charge in [0.05, 0.1) is 11.1 Å². The normalized spacial score (nSPS) is 10.7. The Labute approximate surface area is 176 Å². The summed E-state index contributed by atoms with van der Waals surface area (Å²) in [6.45, 7) is 5.00. The van der Waals surface area contributed by atoms with Crippen molar-refractivity contribution in [2.45, 2.75) is 26.8 Å². The maximum Gasteiger partial charge on any atom is 0.339 e. The summed E-state index contributed by atoms with van der Waals surface area (Å²) in [6, 6.07) is 10.8. The second-order valence-corrected chi connectivity index (χ2v) is 7.36. The summed E-state index contributed by atoms with van der Waals surface area (Å²) in [5.74, 6) is 4.15. The number of carbonyl (C=O) groups is 2. The van der Waals surface area contributed by atoms with Crippen molar-refractivity contribution in [2.75, 3.05) is 13.2 Å². The minimum Gasteiger partial charge on any atom is -0.449 e. The predicted molar refractivity (Wildman–Crippen MR) is 117 cm³/mol. The number of terminal acetylenes is 2. The molecule has 3 rings (SSSR count). The summed E-state index contributed by atoms with van der Waals surface area (Å²) in [6.07, 6.45) is 11.3. The predicted octanol–water partition coefficient (Wildman–Crippen LogP) is 4.42. The van der Waals surface area contributed by atoms with Crippen LogP contribution in [0.4, 0.5) is 0 Å². The average Bonchev–Trinajstić information content (AvgIpc) is 3.06. The van der Waals surface area contributed by atoms with Crippen LogP contribution in [0.15, 0.2) is 36.4 Å². The lowest BCUT2D eigenvalue weighted by Crippen LogP contribution is -2.05. The Kier molecular flexibility index (Phi) is 6.45. The van der Waals surface area contributed by atoms with E-state index >= 15 is 0 Å². The summed E-state index contributed by atoms with van der Waals surface area (Å²) in [4.78, 5) is 24.6. The zero-order chi connectivity index (χ0) is 21.7. The third kappa shape index (κ3) is 4.31. The molecule has 5 nitrogen and oxygen atoms in total. The number of aromatic nitrogens is 1. The van der Waals surface area contributed by atoms with Crippen LogP contribution in [-0.2, 0) is 16.0 Å². The molecule has 0 aliphatic heterocycles. The number of benzene rings is 2. The highest BCUT2D eigenvalue weighted by molar-refractivity contribution is 6.12. The van der Waals surface area contributed by atoms with Crippen molar-refractivity contribution in [3.05, 3.63) is 47.5 Å². The van der Waals surface area contributed by atoms with E-state index in [0.29, 0.717) is 17.0 Å². The van der Waals surface area contributed by atoms with Crippen molar-refractivity contribution in [1.82, 2.24) is 4.57 Å². The van der Waals surface area contributed by atoms with Crippen molar-refractivity contribution in [2.24, 2.45) is 5.92 Å². The Hall–Kier alpha value is -3.70.